The van der Waals surface area contributed by atoms with Gasteiger partial charge in [-0.25, -0.2) is 9.78 Å². The van der Waals surface area contributed by atoms with Gasteiger partial charge >= 0.3 is 5.97 Å². The molecule has 0 saturated carbocycles. The molecule has 8 nitrogen and oxygen atoms in total. The van der Waals surface area contributed by atoms with E-state index in [1.807, 2.05) is 38.1 Å². The van der Waals surface area contributed by atoms with E-state index >= 15 is 0 Å². The van der Waals surface area contributed by atoms with Crippen LogP contribution in [0.2, 0.25) is 0 Å². The minimum atomic E-state index is -0.443. The van der Waals surface area contributed by atoms with Crippen LogP contribution in [0.25, 0.3) is 27.8 Å². The highest BCUT2D eigenvalue weighted by molar-refractivity contribution is 5.97. The molecule has 0 atom stereocenters. The van der Waals surface area contributed by atoms with Crippen LogP contribution in [0, 0.1) is 0 Å². The molecule has 0 fully saturated rings. The van der Waals surface area contributed by atoms with Gasteiger partial charge in [0.2, 0.25) is 5.43 Å². The Hall–Kier alpha value is -4.33. The van der Waals surface area contributed by atoms with Crippen LogP contribution in [0.1, 0.15) is 41.5 Å². The summed E-state index contributed by atoms with van der Waals surface area (Å²) in [4.78, 5) is 46.5. The molecule has 0 bridgehead atoms. The summed E-state index contributed by atoms with van der Waals surface area (Å²) < 4.78 is 6.80. The molecule has 1 amide bonds. The summed E-state index contributed by atoms with van der Waals surface area (Å²) in [7, 11) is 0. The van der Waals surface area contributed by atoms with Crippen LogP contribution >= 0.6 is 0 Å². The summed E-state index contributed by atoms with van der Waals surface area (Å²) in [6.45, 7) is 5.69. The summed E-state index contributed by atoms with van der Waals surface area (Å²) in [5, 5.41) is 3.13. The van der Waals surface area contributed by atoms with Crippen molar-refractivity contribution in [1.82, 2.24) is 19.9 Å². The van der Waals surface area contributed by atoms with Crippen molar-refractivity contribution in [3.05, 3.63) is 88.6 Å². The number of carbonyl (C=O) groups is 2. The van der Waals surface area contributed by atoms with Gasteiger partial charge in [-0.2, -0.15) is 0 Å². The zero-order valence-electron chi connectivity index (χ0n) is 19.1. The molecule has 4 aromatic rings. The van der Waals surface area contributed by atoms with Gasteiger partial charge in [0.25, 0.3) is 5.91 Å². The lowest BCUT2D eigenvalue weighted by Crippen LogP contribution is -2.34. The average Bonchev–Trinajstić information content (AvgIpc) is 2.84. The van der Waals surface area contributed by atoms with E-state index in [4.69, 9.17) is 4.74 Å². The molecular formula is C26H24N4O4. The molecule has 34 heavy (non-hydrogen) atoms. The number of carbonyl (C=O) groups excluding carboxylic acids is 2. The third-order valence-corrected chi connectivity index (χ3v) is 5.13. The van der Waals surface area contributed by atoms with Crippen LogP contribution in [0.3, 0.4) is 0 Å². The van der Waals surface area contributed by atoms with Gasteiger partial charge in [0.15, 0.2) is 0 Å². The normalized spacial score (nSPS) is 10.9. The largest absolute Gasteiger partial charge is 0.462 e. The highest BCUT2D eigenvalue weighted by Gasteiger charge is 2.18. The van der Waals surface area contributed by atoms with Gasteiger partial charge in [-0.1, -0.05) is 12.1 Å². The fourth-order valence-electron chi connectivity index (χ4n) is 3.62. The Bertz CT molecular complexity index is 1440. The number of aromatic nitrogens is 3. The highest BCUT2D eigenvalue weighted by Crippen LogP contribution is 2.24. The van der Waals surface area contributed by atoms with E-state index in [1.165, 1.54) is 12.4 Å². The predicted octanol–water partition coefficient (Wildman–Crippen LogP) is 3.76. The summed E-state index contributed by atoms with van der Waals surface area (Å²) in [6.07, 6.45) is 6.24. The molecule has 1 N–H and O–H groups in total. The van der Waals surface area contributed by atoms with Crippen LogP contribution in [0.4, 0.5) is 0 Å². The van der Waals surface area contributed by atoms with Crippen LogP contribution in [-0.4, -0.2) is 39.1 Å². The molecule has 0 aliphatic carbocycles. The lowest BCUT2D eigenvalue weighted by Gasteiger charge is -2.15. The number of ether oxygens (including phenoxy) is 1. The molecular weight excluding hydrogens is 432 g/mol. The van der Waals surface area contributed by atoms with Gasteiger partial charge < -0.3 is 14.6 Å². The zero-order valence-corrected chi connectivity index (χ0v) is 19.1. The van der Waals surface area contributed by atoms with Crippen molar-refractivity contribution in [2.45, 2.75) is 26.8 Å². The summed E-state index contributed by atoms with van der Waals surface area (Å²) >= 11 is 0. The number of esters is 1. The van der Waals surface area contributed by atoms with Crippen LogP contribution < -0.4 is 10.7 Å². The van der Waals surface area contributed by atoms with E-state index < -0.39 is 11.9 Å². The SMILES string of the molecule is CCOC(=O)c1cncc(-c2cccc(-n3cc(C(=O)NC(C)C)c(=O)c4cccnc43)c2)c1. The Morgan fingerprint density at radius 1 is 1.09 bits per heavy atom. The fraction of sp³-hybridized carbons (Fsp3) is 0.192. The Morgan fingerprint density at radius 3 is 2.68 bits per heavy atom. The number of fused-ring (bicyclic) bond motifs is 1. The van der Waals surface area contributed by atoms with Gasteiger partial charge in [-0.15, -0.1) is 0 Å². The highest BCUT2D eigenvalue weighted by atomic mass is 16.5. The number of rotatable bonds is 6. The number of nitrogens with one attached hydrogen (secondary N) is 1. The quantitative estimate of drug-likeness (QED) is 0.443. The summed E-state index contributed by atoms with van der Waals surface area (Å²) in [6, 6.07) is 12.4. The third-order valence-electron chi connectivity index (χ3n) is 5.13. The molecule has 3 heterocycles. The number of pyridine rings is 3. The number of hydrogen-bond donors (Lipinski definition) is 1. The monoisotopic (exact) mass is 456 g/mol. The minimum Gasteiger partial charge on any atom is -0.462 e. The number of nitrogens with zero attached hydrogens (tertiary/aromatic N) is 3. The molecule has 0 saturated heterocycles. The van der Waals surface area contributed by atoms with Crippen molar-refractivity contribution < 1.29 is 14.3 Å². The minimum absolute atomic E-state index is 0.0329. The van der Waals surface area contributed by atoms with Crippen LogP contribution in [0.15, 0.2) is 72.0 Å². The van der Waals surface area contributed by atoms with Gasteiger partial charge in [0.05, 0.1) is 17.6 Å². The van der Waals surface area contributed by atoms with Gasteiger partial charge in [0, 0.05) is 42.1 Å². The fourth-order valence-corrected chi connectivity index (χ4v) is 3.62. The maximum absolute atomic E-state index is 13.0. The van der Waals surface area contributed by atoms with Crippen molar-refractivity contribution in [1.29, 1.82) is 0 Å². The second kappa shape index (κ2) is 9.66. The van der Waals surface area contributed by atoms with E-state index in [-0.39, 0.29) is 23.6 Å². The van der Waals surface area contributed by atoms with Crippen molar-refractivity contribution in [2.24, 2.45) is 0 Å². The number of hydrogen-bond acceptors (Lipinski definition) is 6. The number of amides is 1. The molecule has 0 unspecified atom stereocenters. The zero-order chi connectivity index (χ0) is 24.2. The molecule has 1 aromatic carbocycles. The Morgan fingerprint density at radius 2 is 1.91 bits per heavy atom. The second-order valence-electron chi connectivity index (χ2n) is 7.98. The first-order valence-corrected chi connectivity index (χ1v) is 10.9. The van der Waals surface area contributed by atoms with E-state index in [2.05, 4.69) is 15.3 Å². The van der Waals surface area contributed by atoms with E-state index in [1.54, 1.807) is 42.1 Å². The Labute approximate surface area is 196 Å². The Kier molecular flexibility index (Phi) is 6.49. The molecule has 4 rings (SSSR count). The second-order valence-corrected chi connectivity index (χ2v) is 7.98. The van der Waals surface area contributed by atoms with E-state index in [0.29, 0.717) is 22.3 Å². The summed E-state index contributed by atoms with van der Waals surface area (Å²) in [5.41, 5.74) is 2.67. The first kappa shape index (κ1) is 22.8. The number of benzene rings is 1. The lowest BCUT2D eigenvalue weighted by molar-refractivity contribution is 0.0525. The van der Waals surface area contributed by atoms with Crippen LogP contribution in [-0.2, 0) is 4.74 Å². The maximum Gasteiger partial charge on any atom is 0.339 e. The van der Waals surface area contributed by atoms with Gasteiger partial charge in [-0.3, -0.25) is 14.6 Å². The van der Waals surface area contributed by atoms with E-state index in [9.17, 15) is 14.4 Å². The standard InChI is InChI=1S/C26H24N4O4/c1-4-34-26(33)19-11-18(13-27-14-19)17-7-5-8-20(12-17)30-15-22(25(32)29-16(2)3)23(31)21-9-6-10-28-24(21)30/h5-16H,4H2,1-3H3,(H,29,32). The van der Waals surface area contributed by atoms with Crippen molar-refractivity contribution in [2.75, 3.05) is 6.61 Å². The topological polar surface area (TPSA) is 103 Å². The van der Waals surface area contributed by atoms with Crippen LogP contribution in [0.5, 0.6) is 0 Å². The first-order valence-electron chi connectivity index (χ1n) is 10.9. The van der Waals surface area contributed by atoms with Gasteiger partial charge in [0.1, 0.15) is 11.2 Å². The lowest BCUT2D eigenvalue weighted by atomic mass is 10.0. The molecule has 0 aliphatic rings. The molecule has 8 heteroatoms. The third kappa shape index (κ3) is 4.56. The molecule has 0 spiro atoms. The summed E-state index contributed by atoms with van der Waals surface area (Å²) in [5.74, 6) is -0.883. The molecule has 3 aromatic heterocycles. The van der Waals surface area contributed by atoms with Gasteiger partial charge in [-0.05, 0) is 56.7 Å². The van der Waals surface area contributed by atoms with Crippen molar-refractivity contribution in [3.63, 3.8) is 0 Å². The predicted molar refractivity (Wildman–Crippen MR) is 129 cm³/mol. The van der Waals surface area contributed by atoms with E-state index in [0.717, 1.165) is 11.1 Å². The smallest absolute Gasteiger partial charge is 0.339 e. The average molecular weight is 457 g/mol. The van der Waals surface area contributed by atoms with Crippen molar-refractivity contribution >= 4 is 22.9 Å². The van der Waals surface area contributed by atoms with Crippen molar-refractivity contribution in [3.8, 4) is 16.8 Å². The maximum atomic E-state index is 13.0. The Balaban J connectivity index is 1.85. The molecule has 0 aliphatic heterocycles. The molecule has 172 valence electrons. The first-order chi connectivity index (χ1) is 16.4. The molecule has 0 radical (unpaired) electrons.